The zero-order chi connectivity index (χ0) is 22.7. The molecule has 7 heteroatoms. The van der Waals surface area contributed by atoms with Gasteiger partial charge in [0.25, 0.3) is 11.8 Å². The van der Waals surface area contributed by atoms with Gasteiger partial charge >= 0.3 is 0 Å². The van der Waals surface area contributed by atoms with E-state index in [1.54, 1.807) is 19.2 Å². The van der Waals surface area contributed by atoms with Gasteiger partial charge in [-0.2, -0.15) is 0 Å². The Balaban J connectivity index is 1.65. The SMILES string of the molecule is COc1ccc(C2=C(Nc3cccc(C)c3C)C(=O)N(CCN3CCOCC3)C2=O)cc1. The first-order valence-electron chi connectivity index (χ1n) is 10.9. The van der Waals surface area contributed by atoms with Crippen molar-refractivity contribution in [2.45, 2.75) is 13.8 Å². The van der Waals surface area contributed by atoms with Crippen molar-refractivity contribution in [2.24, 2.45) is 0 Å². The van der Waals surface area contributed by atoms with Crippen LogP contribution in [0.4, 0.5) is 5.69 Å². The third-order valence-corrected chi connectivity index (χ3v) is 6.15. The molecule has 2 amide bonds. The summed E-state index contributed by atoms with van der Waals surface area (Å²) in [7, 11) is 1.60. The topological polar surface area (TPSA) is 71.1 Å². The number of morpholine rings is 1. The van der Waals surface area contributed by atoms with Crippen molar-refractivity contribution in [3.8, 4) is 5.75 Å². The average Bonchev–Trinajstić information content (AvgIpc) is 3.05. The van der Waals surface area contributed by atoms with Gasteiger partial charge in [0, 0.05) is 31.9 Å². The summed E-state index contributed by atoms with van der Waals surface area (Å²) in [5.41, 5.74) is 4.37. The molecule has 0 saturated carbocycles. The molecule has 0 bridgehead atoms. The number of ether oxygens (including phenoxy) is 2. The number of rotatable bonds is 7. The number of imide groups is 1. The maximum atomic E-state index is 13.4. The van der Waals surface area contributed by atoms with Gasteiger partial charge in [-0.25, -0.2) is 0 Å². The molecule has 2 aliphatic rings. The van der Waals surface area contributed by atoms with Crippen LogP contribution in [-0.2, 0) is 14.3 Å². The van der Waals surface area contributed by atoms with Gasteiger partial charge in [-0.1, -0.05) is 24.3 Å². The summed E-state index contributed by atoms with van der Waals surface area (Å²) < 4.78 is 10.6. The highest BCUT2D eigenvalue weighted by molar-refractivity contribution is 6.36. The molecule has 1 fully saturated rings. The van der Waals surface area contributed by atoms with E-state index in [4.69, 9.17) is 9.47 Å². The fourth-order valence-corrected chi connectivity index (χ4v) is 4.01. The lowest BCUT2D eigenvalue weighted by atomic mass is 10.0. The molecule has 0 aliphatic carbocycles. The van der Waals surface area contributed by atoms with E-state index >= 15 is 0 Å². The molecule has 1 N–H and O–H groups in total. The zero-order valence-electron chi connectivity index (χ0n) is 18.8. The summed E-state index contributed by atoms with van der Waals surface area (Å²) in [6.07, 6.45) is 0. The predicted octanol–water partition coefficient (Wildman–Crippen LogP) is 2.84. The summed E-state index contributed by atoms with van der Waals surface area (Å²) in [5.74, 6) is 0.121. The number of nitrogens with one attached hydrogen (secondary N) is 1. The Hall–Kier alpha value is -3.16. The lowest BCUT2D eigenvalue weighted by molar-refractivity contribution is -0.137. The molecule has 2 aromatic carbocycles. The van der Waals surface area contributed by atoms with E-state index in [0.29, 0.717) is 48.9 Å². The van der Waals surface area contributed by atoms with Crippen LogP contribution in [0.5, 0.6) is 5.75 Å². The Bertz CT molecular complexity index is 1040. The van der Waals surface area contributed by atoms with Crippen molar-refractivity contribution in [2.75, 3.05) is 51.8 Å². The van der Waals surface area contributed by atoms with Crippen molar-refractivity contribution in [1.29, 1.82) is 0 Å². The minimum Gasteiger partial charge on any atom is -0.497 e. The van der Waals surface area contributed by atoms with Gasteiger partial charge in [0.15, 0.2) is 0 Å². The summed E-state index contributed by atoms with van der Waals surface area (Å²) in [4.78, 5) is 30.4. The first-order chi connectivity index (χ1) is 15.5. The Labute approximate surface area is 188 Å². The number of aryl methyl sites for hydroxylation is 1. The Kier molecular flexibility index (Phi) is 6.58. The lowest BCUT2D eigenvalue weighted by Gasteiger charge is -2.28. The highest BCUT2D eigenvalue weighted by Crippen LogP contribution is 2.32. The second-order valence-corrected chi connectivity index (χ2v) is 8.07. The summed E-state index contributed by atoms with van der Waals surface area (Å²) in [5, 5.41) is 3.28. The number of hydrogen-bond acceptors (Lipinski definition) is 6. The van der Waals surface area contributed by atoms with Crippen LogP contribution >= 0.6 is 0 Å². The van der Waals surface area contributed by atoms with Gasteiger partial charge in [0.1, 0.15) is 11.4 Å². The molecule has 168 valence electrons. The van der Waals surface area contributed by atoms with Gasteiger partial charge in [-0.3, -0.25) is 19.4 Å². The highest BCUT2D eigenvalue weighted by atomic mass is 16.5. The quantitative estimate of drug-likeness (QED) is 0.675. The molecule has 0 aromatic heterocycles. The maximum absolute atomic E-state index is 13.4. The fraction of sp³-hybridized carbons (Fsp3) is 0.360. The number of anilines is 1. The average molecular weight is 436 g/mol. The number of hydrogen-bond donors (Lipinski definition) is 1. The number of methoxy groups -OCH3 is 1. The molecule has 1 saturated heterocycles. The van der Waals surface area contributed by atoms with Gasteiger partial charge in [-0.15, -0.1) is 0 Å². The second-order valence-electron chi connectivity index (χ2n) is 8.07. The third kappa shape index (κ3) is 4.40. The molecular weight excluding hydrogens is 406 g/mol. The summed E-state index contributed by atoms with van der Waals surface area (Å²) in [6, 6.07) is 13.1. The highest BCUT2D eigenvalue weighted by Gasteiger charge is 2.39. The van der Waals surface area contributed by atoms with Gasteiger partial charge in [-0.05, 0) is 48.7 Å². The summed E-state index contributed by atoms with van der Waals surface area (Å²) >= 11 is 0. The van der Waals surface area contributed by atoms with Crippen molar-refractivity contribution in [3.05, 3.63) is 64.9 Å². The van der Waals surface area contributed by atoms with Crippen molar-refractivity contribution < 1.29 is 19.1 Å². The molecule has 7 nitrogen and oxygen atoms in total. The van der Waals surface area contributed by atoms with Crippen molar-refractivity contribution in [1.82, 2.24) is 9.80 Å². The fourth-order valence-electron chi connectivity index (χ4n) is 4.01. The Morgan fingerprint density at radius 2 is 1.69 bits per heavy atom. The van der Waals surface area contributed by atoms with Crippen molar-refractivity contribution in [3.63, 3.8) is 0 Å². The molecule has 2 aromatic rings. The Morgan fingerprint density at radius 3 is 2.38 bits per heavy atom. The van der Waals surface area contributed by atoms with E-state index in [0.717, 1.165) is 29.9 Å². The lowest BCUT2D eigenvalue weighted by Crippen LogP contribution is -2.43. The predicted molar refractivity (Wildman–Crippen MR) is 123 cm³/mol. The summed E-state index contributed by atoms with van der Waals surface area (Å²) in [6.45, 7) is 7.97. The molecule has 0 spiro atoms. The Morgan fingerprint density at radius 1 is 0.969 bits per heavy atom. The minimum absolute atomic E-state index is 0.277. The van der Waals surface area contributed by atoms with E-state index in [-0.39, 0.29) is 11.8 Å². The van der Waals surface area contributed by atoms with Crippen LogP contribution in [-0.4, -0.2) is 68.1 Å². The van der Waals surface area contributed by atoms with Gasteiger partial charge in [0.2, 0.25) is 0 Å². The molecular formula is C25H29N3O4. The van der Waals surface area contributed by atoms with Crippen LogP contribution in [0.3, 0.4) is 0 Å². The third-order valence-electron chi connectivity index (χ3n) is 6.15. The minimum atomic E-state index is -0.296. The first-order valence-corrected chi connectivity index (χ1v) is 10.9. The number of benzene rings is 2. The molecule has 32 heavy (non-hydrogen) atoms. The van der Waals surface area contributed by atoms with E-state index in [1.165, 1.54) is 4.90 Å². The number of carbonyl (C=O) groups is 2. The number of amides is 2. The van der Waals surface area contributed by atoms with Crippen molar-refractivity contribution >= 4 is 23.1 Å². The maximum Gasteiger partial charge on any atom is 0.278 e. The van der Waals surface area contributed by atoms with E-state index in [1.807, 2.05) is 44.2 Å². The second kappa shape index (κ2) is 9.54. The molecule has 0 radical (unpaired) electrons. The van der Waals surface area contributed by atoms with Crippen LogP contribution in [0.25, 0.3) is 5.57 Å². The van der Waals surface area contributed by atoms with Gasteiger partial charge in [0.05, 0.1) is 25.9 Å². The molecule has 0 atom stereocenters. The van der Waals surface area contributed by atoms with Crippen LogP contribution in [0.15, 0.2) is 48.2 Å². The van der Waals surface area contributed by atoms with Crippen LogP contribution in [0.1, 0.15) is 16.7 Å². The zero-order valence-corrected chi connectivity index (χ0v) is 18.8. The number of nitrogens with zero attached hydrogens (tertiary/aromatic N) is 2. The molecule has 2 aliphatic heterocycles. The first kappa shape index (κ1) is 22.0. The molecule has 2 heterocycles. The molecule has 0 unspecified atom stereocenters. The normalized spacial score (nSPS) is 17.3. The van der Waals surface area contributed by atoms with Crippen LogP contribution in [0, 0.1) is 13.8 Å². The van der Waals surface area contributed by atoms with E-state index in [2.05, 4.69) is 10.2 Å². The van der Waals surface area contributed by atoms with Crippen LogP contribution < -0.4 is 10.1 Å². The van der Waals surface area contributed by atoms with Crippen LogP contribution in [0.2, 0.25) is 0 Å². The molecule has 4 rings (SSSR count). The van der Waals surface area contributed by atoms with Gasteiger partial charge < -0.3 is 14.8 Å². The number of carbonyl (C=O) groups excluding carboxylic acids is 2. The van der Waals surface area contributed by atoms with E-state index in [9.17, 15) is 9.59 Å². The van der Waals surface area contributed by atoms with E-state index < -0.39 is 0 Å². The smallest absolute Gasteiger partial charge is 0.278 e. The monoisotopic (exact) mass is 435 g/mol. The largest absolute Gasteiger partial charge is 0.497 e. The standard InChI is InChI=1S/C25H29N3O4/c1-17-5-4-6-21(18(17)2)26-23-22(19-7-9-20(31-3)10-8-19)24(29)28(25(23)30)12-11-27-13-15-32-16-14-27/h4-10,26H,11-16H2,1-3H3.